The third-order valence-corrected chi connectivity index (χ3v) is 4.03. The minimum Gasteiger partial charge on any atom is -0.468 e. The molecule has 1 rings (SSSR count). The first-order valence-corrected chi connectivity index (χ1v) is 6.79. The molecule has 0 spiro atoms. The van der Waals surface area contributed by atoms with E-state index >= 15 is 0 Å². The van der Waals surface area contributed by atoms with E-state index < -0.39 is 22.0 Å². The van der Waals surface area contributed by atoms with Gasteiger partial charge in [0.15, 0.2) is 0 Å². The van der Waals surface area contributed by atoms with Gasteiger partial charge in [0.25, 0.3) is 0 Å². The molecule has 0 aliphatic heterocycles. The largest absolute Gasteiger partial charge is 0.468 e. The van der Waals surface area contributed by atoms with E-state index in [0.717, 1.165) is 0 Å². The summed E-state index contributed by atoms with van der Waals surface area (Å²) < 4.78 is 30.4. The third kappa shape index (κ3) is 3.34. The molecule has 0 aromatic heterocycles. The smallest absolute Gasteiger partial charge is 0.323 e. The molecule has 8 heteroatoms. The molecule has 1 atom stereocenters. The van der Waals surface area contributed by atoms with E-state index in [4.69, 9.17) is 17.3 Å². The molecule has 0 saturated heterocycles. The molecule has 100 valence electrons. The number of carbonyl (C=O) groups excluding carboxylic acids is 1. The fourth-order valence-corrected chi connectivity index (χ4v) is 2.66. The van der Waals surface area contributed by atoms with Crippen LogP contribution in [0.1, 0.15) is 6.92 Å². The lowest BCUT2D eigenvalue weighted by atomic mass is 10.3. The molecule has 18 heavy (non-hydrogen) atoms. The van der Waals surface area contributed by atoms with Crippen LogP contribution >= 0.6 is 11.6 Å². The summed E-state index contributed by atoms with van der Waals surface area (Å²) in [5.74, 6) is -0.680. The van der Waals surface area contributed by atoms with Crippen LogP contribution in [0.15, 0.2) is 23.1 Å². The van der Waals surface area contributed by atoms with Crippen LogP contribution in [0.4, 0.5) is 5.69 Å². The number of methoxy groups -OCH3 is 1. The van der Waals surface area contributed by atoms with Gasteiger partial charge < -0.3 is 10.5 Å². The summed E-state index contributed by atoms with van der Waals surface area (Å²) in [5.41, 5.74) is 5.76. The molecule has 0 fully saturated rings. The van der Waals surface area contributed by atoms with Crippen molar-refractivity contribution in [1.29, 1.82) is 0 Å². The van der Waals surface area contributed by atoms with Crippen molar-refractivity contribution in [2.45, 2.75) is 17.9 Å². The van der Waals surface area contributed by atoms with Crippen LogP contribution in [0.25, 0.3) is 0 Å². The molecular formula is C10H13ClN2O4S. The maximum absolute atomic E-state index is 11.9. The molecule has 6 nitrogen and oxygen atoms in total. The predicted molar refractivity (Wildman–Crippen MR) is 67.7 cm³/mol. The van der Waals surface area contributed by atoms with Gasteiger partial charge in [0, 0.05) is 0 Å². The quantitative estimate of drug-likeness (QED) is 0.630. The van der Waals surface area contributed by atoms with Crippen molar-refractivity contribution < 1.29 is 17.9 Å². The first kappa shape index (κ1) is 14.7. The van der Waals surface area contributed by atoms with Crippen molar-refractivity contribution in [3.8, 4) is 0 Å². The number of halogens is 1. The summed E-state index contributed by atoms with van der Waals surface area (Å²) in [6.45, 7) is 1.38. The summed E-state index contributed by atoms with van der Waals surface area (Å²) >= 11 is 5.74. The van der Waals surface area contributed by atoms with Gasteiger partial charge in [0.1, 0.15) is 6.04 Å². The summed E-state index contributed by atoms with van der Waals surface area (Å²) in [7, 11) is -2.67. The fraction of sp³-hybridized carbons (Fsp3) is 0.300. The molecule has 0 aliphatic carbocycles. The minimum absolute atomic E-state index is 0.0718. The van der Waals surface area contributed by atoms with Crippen LogP contribution in [-0.4, -0.2) is 27.5 Å². The lowest BCUT2D eigenvalue weighted by Crippen LogP contribution is -2.39. The molecule has 0 saturated carbocycles. The van der Waals surface area contributed by atoms with Gasteiger partial charge in [-0.05, 0) is 25.1 Å². The van der Waals surface area contributed by atoms with Crippen molar-refractivity contribution >= 4 is 33.3 Å². The Morgan fingerprint density at radius 3 is 2.61 bits per heavy atom. The molecule has 3 N–H and O–H groups in total. The van der Waals surface area contributed by atoms with E-state index in [1.54, 1.807) is 0 Å². The zero-order valence-corrected chi connectivity index (χ0v) is 11.4. The highest BCUT2D eigenvalue weighted by molar-refractivity contribution is 7.89. The number of nitrogens with one attached hydrogen (secondary N) is 1. The molecule has 1 aromatic rings. The van der Waals surface area contributed by atoms with E-state index in [1.165, 1.54) is 32.2 Å². The van der Waals surface area contributed by atoms with Crippen LogP contribution in [-0.2, 0) is 19.6 Å². The van der Waals surface area contributed by atoms with Crippen molar-refractivity contribution in [2.75, 3.05) is 12.8 Å². The first-order valence-electron chi connectivity index (χ1n) is 4.93. The number of nitrogen functional groups attached to an aromatic ring is 1. The number of ether oxygens (including phenoxy) is 1. The number of rotatable bonds is 4. The highest BCUT2D eigenvalue weighted by atomic mass is 35.5. The van der Waals surface area contributed by atoms with Crippen molar-refractivity contribution in [3.05, 3.63) is 23.2 Å². The summed E-state index contributed by atoms with van der Waals surface area (Å²) in [6, 6.07) is 2.90. The van der Waals surface area contributed by atoms with Gasteiger partial charge >= 0.3 is 5.97 Å². The lowest BCUT2D eigenvalue weighted by Gasteiger charge is -2.12. The third-order valence-electron chi connectivity index (χ3n) is 2.17. The molecule has 1 unspecified atom stereocenters. The normalized spacial score (nSPS) is 13.1. The number of nitrogens with two attached hydrogens (primary N) is 1. The molecule has 0 aliphatic rings. The molecule has 1 aromatic carbocycles. The number of benzene rings is 1. The Morgan fingerprint density at radius 1 is 1.50 bits per heavy atom. The summed E-state index contributed by atoms with van der Waals surface area (Å²) in [5, 5.41) is 0.128. The minimum atomic E-state index is -3.84. The zero-order valence-electron chi connectivity index (χ0n) is 9.81. The maximum atomic E-state index is 11.9. The number of hydrogen-bond acceptors (Lipinski definition) is 5. The van der Waals surface area contributed by atoms with Gasteiger partial charge in [-0.15, -0.1) is 0 Å². The van der Waals surface area contributed by atoms with E-state index in [0.29, 0.717) is 0 Å². The number of esters is 1. The number of sulfonamides is 1. The highest BCUT2D eigenvalue weighted by Crippen LogP contribution is 2.22. The summed E-state index contributed by atoms with van der Waals surface area (Å²) in [4.78, 5) is 11.1. The van der Waals surface area contributed by atoms with Gasteiger partial charge in [0.05, 0.1) is 22.7 Å². The SMILES string of the molecule is COC(=O)C(C)NS(=O)(=O)c1ccc(N)c(Cl)c1. The second-order valence-electron chi connectivity index (χ2n) is 3.55. The predicted octanol–water partition coefficient (Wildman–Crippen LogP) is 0.762. The zero-order chi connectivity index (χ0) is 13.9. The topological polar surface area (TPSA) is 98.5 Å². The molecule has 0 radical (unpaired) electrons. The van der Waals surface area contributed by atoms with E-state index in [9.17, 15) is 13.2 Å². The molecule has 0 amide bonds. The second-order valence-corrected chi connectivity index (χ2v) is 5.67. The Morgan fingerprint density at radius 2 is 2.11 bits per heavy atom. The monoisotopic (exact) mass is 292 g/mol. The maximum Gasteiger partial charge on any atom is 0.323 e. The average molecular weight is 293 g/mol. The number of hydrogen-bond donors (Lipinski definition) is 2. The van der Waals surface area contributed by atoms with Gasteiger partial charge in [-0.1, -0.05) is 11.6 Å². The van der Waals surface area contributed by atoms with Crippen LogP contribution in [0, 0.1) is 0 Å². The van der Waals surface area contributed by atoms with Crippen LogP contribution in [0.3, 0.4) is 0 Å². The second kappa shape index (κ2) is 5.55. The van der Waals surface area contributed by atoms with Gasteiger partial charge in [0.2, 0.25) is 10.0 Å². The lowest BCUT2D eigenvalue weighted by molar-refractivity contribution is -0.142. The van der Waals surface area contributed by atoms with Crippen molar-refractivity contribution in [1.82, 2.24) is 4.72 Å². The standard InChI is InChI=1S/C10H13ClN2O4S/c1-6(10(14)17-2)13-18(15,16)7-3-4-9(12)8(11)5-7/h3-6,13H,12H2,1-2H3. The Bertz CT molecular complexity index is 559. The molecular weight excluding hydrogens is 280 g/mol. The van der Waals surface area contributed by atoms with Gasteiger partial charge in [-0.25, -0.2) is 8.42 Å². The van der Waals surface area contributed by atoms with Crippen molar-refractivity contribution in [3.63, 3.8) is 0 Å². The fourth-order valence-electron chi connectivity index (χ4n) is 1.20. The molecule has 0 bridgehead atoms. The van der Waals surface area contributed by atoms with Crippen molar-refractivity contribution in [2.24, 2.45) is 0 Å². The highest BCUT2D eigenvalue weighted by Gasteiger charge is 2.22. The average Bonchev–Trinajstić information content (AvgIpc) is 2.30. The Kier molecular flexibility index (Phi) is 4.55. The van der Waals surface area contributed by atoms with Gasteiger partial charge in [-0.3, -0.25) is 4.79 Å². The number of anilines is 1. The Balaban J connectivity index is 3.00. The Hall–Kier alpha value is -1.31. The molecule has 0 heterocycles. The van der Waals surface area contributed by atoms with Crippen LogP contribution < -0.4 is 10.5 Å². The first-order chi connectivity index (χ1) is 8.27. The number of carbonyl (C=O) groups is 1. The van der Waals surface area contributed by atoms with Crippen LogP contribution in [0.5, 0.6) is 0 Å². The van der Waals surface area contributed by atoms with E-state index in [1.807, 2.05) is 0 Å². The summed E-state index contributed by atoms with van der Waals surface area (Å²) in [6.07, 6.45) is 0. The van der Waals surface area contributed by atoms with E-state index in [2.05, 4.69) is 9.46 Å². The van der Waals surface area contributed by atoms with Gasteiger partial charge in [-0.2, -0.15) is 4.72 Å². The van der Waals surface area contributed by atoms with E-state index in [-0.39, 0.29) is 15.6 Å². The van der Waals surface area contributed by atoms with Crippen LogP contribution in [0.2, 0.25) is 5.02 Å². The Labute approximate surface area is 110 Å².